The second-order valence-electron chi connectivity index (χ2n) is 7.53. The predicted molar refractivity (Wildman–Crippen MR) is 110 cm³/mol. The molecule has 1 heterocycles. The Morgan fingerprint density at radius 2 is 1.72 bits per heavy atom. The van der Waals surface area contributed by atoms with Crippen LogP contribution in [0.4, 0.5) is 0 Å². The summed E-state index contributed by atoms with van der Waals surface area (Å²) in [6, 6.07) is 9.05. The summed E-state index contributed by atoms with van der Waals surface area (Å²) in [5.74, 6) is 0.428. The maximum absolute atomic E-state index is 10.6. The first-order valence-electron chi connectivity index (χ1n) is 9.14. The minimum absolute atomic E-state index is 0.428. The van der Waals surface area contributed by atoms with Crippen molar-refractivity contribution in [2.24, 2.45) is 0 Å². The van der Waals surface area contributed by atoms with Gasteiger partial charge in [0, 0.05) is 0 Å². The molecule has 1 aliphatic rings. The second kappa shape index (κ2) is 8.40. The van der Waals surface area contributed by atoms with Gasteiger partial charge in [0.1, 0.15) is 24.1 Å². The largest absolute Gasteiger partial charge is 0.461 e. The molecule has 3 rings (SSSR count). The van der Waals surface area contributed by atoms with Crippen LogP contribution in [-0.2, 0) is 4.74 Å². The van der Waals surface area contributed by atoms with Crippen molar-refractivity contribution in [1.82, 2.24) is 0 Å². The van der Waals surface area contributed by atoms with Crippen molar-refractivity contribution >= 4 is 23.2 Å². The van der Waals surface area contributed by atoms with Crippen molar-refractivity contribution in [3.8, 4) is 16.9 Å². The molecular weight excluding hydrogens is 419 g/mol. The van der Waals surface area contributed by atoms with Crippen LogP contribution in [0.25, 0.3) is 11.1 Å². The van der Waals surface area contributed by atoms with E-state index in [1.165, 1.54) is 6.92 Å². The smallest absolute Gasteiger partial charge is 0.231 e. The number of hydrogen-bond donors (Lipinski definition) is 4. The molecule has 1 saturated heterocycles. The molecular formula is C21H24Cl2O6. The van der Waals surface area contributed by atoms with Crippen molar-refractivity contribution in [2.75, 3.05) is 6.61 Å². The summed E-state index contributed by atoms with van der Waals surface area (Å²) in [7, 11) is 0. The van der Waals surface area contributed by atoms with Gasteiger partial charge >= 0.3 is 0 Å². The normalized spacial score (nSPS) is 29.7. The van der Waals surface area contributed by atoms with Crippen molar-refractivity contribution in [3.05, 3.63) is 51.5 Å². The summed E-state index contributed by atoms with van der Waals surface area (Å²) in [5, 5.41) is 41.1. The molecule has 0 aromatic heterocycles. The highest BCUT2D eigenvalue weighted by molar-refractivity contribution is 6.42. The molecule has 29 heavy (non-hydrogen) atoms. The Labute approximate surface area is 179 Å². The standard InChI is InChI=1S/C21H24Cl2O6/c1-10-7-14(22)15(23)8-13(10)12-4-5-16(11(2)6-12)28-20-21(3,27)19(26)18(25)17(9-24)29-20/h4-8,17-20,24-27H,9H2,1-3H3/t17-,18-,19+,20+,21+/m1/s1. The number of ether oxygens (including phenoxy) is 2. The molecule has 0 saturated carbocycles. The van der Waals surface area contributed by atoms with Gasteiger partial charge in [-0.15, -0.1) is 0 Å². The fourth-order valence-electron chi connectivity index (χ4n) is 3.39. The molecule has 0 amide bonds. The molecule has 1 aliphatic heterocycles. The monoisotopic (exact) mass is 442 g/mol. The lowest BCUT2D eigenvalue weighted by molar-refractivity contribution is -0.314. The van der Waals surface area contributed by atoms with Crippen LogP contribution in [0, 0.1) is 13.8 Å². The van der Waals surface area contributed by atoms with Crippen molar-refractivity contribution in [3.63, 3.8) is 0 Å². The van der Waals surface area contributed by atoms with Gasteiger partial charge in [0.25, 0.3) is 0 Å². The van der Waals surface area contributed by atoms with Gasteiger partial charge in [0.05, 0.1) is 16.7 Å². The van der Waals surface area contributed by atoms with E-state index in [1.54, 1.807) is 18.2 Å². The van der Waals surface area contributed by atoms with Crippen molar-refractivity contribution < 1.29 is 29.9 Å². The third-order valence-corrected chi connectivity index (χ3v) is 5.97. The van der Waals surface area contributed by atoms with E-state index in [1.807, 2.05) is 26.0 Å². The molecule has 6 nitrogen and oxygen atoms in total. The maximum Gasteiger partial charge on any atom is 0.231 e. The van der Waals surface area contributed by atoms with Gasteiger partial charge in [-0.1, -0.05) is 29.3 Å². The Bertz CT molecular complexity index is 901. The van der Waals surface area contributed by atoms with E-state index in [0.717, 1.165) is 22.3 Å². The molecule has 5 atom stereocenters. The third kappa shape index (κ3) is 4.25. The lowest BCUT2D eigenvalue weighted by atomic mass is 9.88. The Morgan fingerprint density at radius 3 is 2.34 bits per heavy atom. The zero-order valence-corrected chi connectivity index (χ0v) is 17.8. The van der Waals surface area contributed by atoms with Gasteiger partial charge in [-0.25, -0.2) is 0 Å². The Morgan fingerprint density at radius 1 is 1.07 bits per heavy atom. The zero-order valence-electron chi connectivity index (χ0n) is 16.3. The highest BCUT2D eigenvalue weighted by Gasteiger charge is 2.53. The van der Waals surface area contributed by atoms with E-state index in [0.29, 0.717) is 15.8 Å². The molecule has 0 aliphatic carbocycles. The van der Waals surface area contributed by atoms with E-state index in [4.69, 9.17) is 32.7 Å². The summed E-state index contributed by atoms with van der Waals surface area (Å²) < 4.78 is 11.3. The minimum atomic E-state index is -1.88. The van der Waals surface area contributed by atoms with Crippen LogP contribution in [0.5, 0.6) is 5.75 Å². The molecule has 2 aromatic rings. The number of aliphatic hydroxyl groups excluding tert-OH is 3. The molecule has 4 N–H and O–H groups in total. The third-order valence-electron chi connectivity index (χ3n) is 5.25. The Kier molecular flexibility index (Phi) is 6.46. The molecule has 0 unspecified atom stereocenters. The van der Waals surface area contributed by atoms with Crippen LogP contribution in [0.2, 0.25) is 10.0 Å². The Balaban J connectivity index is 1.89. The highest BCUT2D eigenvalue weighted by atomic mass is 35.5. The fourth-order valence-corrected chi connectivity index (χ4v) is 3.77. The van der Waals surface area contributed by atoms with Crippen LogP contribution in [0.1, 0.15) is 18.1 Å². The summed E-state index contributed by atoms with van der Waals surface area (Å²) >= 11 is 12.2. The van der Waals surface area contributed by atoms with Crippen LogP contribution < -0.4 is 4.74 Å². The zero-order chi connectivity index (χ0) is 21.5. The van der Waals surface area contributed by atoms with Crippen LogP contribution >= 0.6 is 23.2 Å². The van der Waals surface area contributed by atoms with Crippen LogP contribution in [-0.4, -0.2) is 57.2 Å². The Hall–Kier alpha value is -1.38. The number of hydrogen-bond acceptors (Lipinski definition) is 6. The average molecular weight is 443 g/mol. The van der Waals surface area contributed by atoms with E-state index >= 15 is 0 Å². The van der Waals surface area contributed by atoms with Gasteiger partial charge < -0.3 is 29.9 Å². The number of aryl methyl sites for hydroxylation is 2. The fraction of sp³-hybridized carbons (Fsp3) is 0.429. The molecule has 8 heteroatoms. The number of halogens is 2. The summed E-state index contributed by atoms with van der Waals surface area (Å²) in [5.41, 5.74) is 1.68. The first-order chi connectivity index (χ1) is 13.6. The highest BCUT2D eigenvalue weighted by Crippen LogP contribution is 2.36. The molecule has 2 aromatic carbocycles. The van der Waals surface area contributed by atoms with E-state index < -0.39 is 36.8 Å². The second-order valence-corrected chi connectivity index (χ2v) is 8.34. The molecule has 1 fully saturated rings. The lowest BCUT2D eigenvalue weighted by Gasteiger charge is -2.45. The SMILES string of the molecule is Cc1cc(-c2cc(Cl)c(Cl)cc2C)ccc1O[C@H]1O[C@H](CO)[C@@H](O)[C@H](O)[C@]1(C)O. The summed E-state index contributed by atoms with van der Waals surface area (Å²) in [6.45, 7) is 4.55. The number of rotatable bonds is 4. The van der Waals surface area contributed by atoms with E-state index in [-0.39, 0.29) is 0 Å². The number of aliphatic hydroxyl groups is 4. The molecule has 0 bridgehead atoms. The van der Waals surface area contributed by atoms with Gasteiger partial charge in [0.15, 0.2) is 5.60 Å². The molecule has 158 valence electrons. The van der Waals surface area contributed by atoms with Gasteiger partial charge in [-0.3, -0.25) is 0 Å². The quantitative estimate of drug-likeness (QED) is 0.580. The lowest BCUT2D eigenvalue weighted by Crippen LogP contribution is -2.66. The van der Waals surface area contributed by atoms with Gasteiger partial charge in [-0.05, 0) is 67.3 Å². The first-order valence-corrected chi connectivity index (χ1v) is 9.90. The topological polar surface area (TPSA) is 99.4 Å². The van der Waals surface area contributed by atoms with Crippen LogP contribution in [0.3, 0.4) is 0 Å². The van der Waals surface area contributed by atoms with E-state index in [2.05, 4.69) is 0 Å². The summed E-state index contributed by atoms with van der Waals surface area (Å²) in [4.78, 5) is 0. The molecule has 0 radical (unpaired) electrons. The van der Waals surface area contributed by atoms with Gasteiger partial charge in [-0.2, -0.15) is 0 Å². The molecule has 0 spiro atoms. The maximum atomic E-state index is 10.6. The first kappa shape index (κ1) is 22.3. The van der Waals surface area contributed by atoms with Crippen LogP contribution in [0.15, 0.2) is 30.3 Å². The van der Waals surface area contributed by atoms with Crippen molar-refractivity contribution in [1.29, 1.82) is 0 Å². The van der Waals surface area contributed by atoms with Gasteiger partial charge in [0.2, 0.25) is 6.29 Å². The minimum Gasteiger partial charge on any atom is -0.461 e. The van der Waals surface area contributed by atoms with E-state index in [9.17, 15) is 20.4 Å². The average Bonchev–Trinajstić information content (AvgIpc) is 2.66. The van der Waals surface area contributed by atoms with Crippen molar-refractivity contribution in [2.45, 2.75) is 51.0 Å². The number of benzene rings is 2. The summed E-state index contributed by atoms with van der Waals surface area (Å²) in [6.07, 6.45) is -5.34. The predicted octanol–water partition coefficient (Wildman–Crippen LogP) is 2.85.